The number of amides is 1. The molecule has 1 amide bonds. The summed E-state index contributed by atoms with van der Waals surface area (Å²) < 4.78 is 20.6. The van der Waals surface area contributed by atoms with Crippen molar-refractivity contribution in [2.24, 2.45) is 0 Å². The molecule has 2 rings (SSSR count). The van der Waals surface area contributed by atoms with Gasteiger partial charge in [-0.1, -0.05) is 6.07 Å². The molecular formula is C21H24N2O7S2. The number of benzene rings is 1. The van der Waals surface area contributed by atoms with Gasteiger partial charge in [0, 0.05) is 0 Å². The topological polar surface area (TPSA) is 112 Å². The number of anilines is 1. The summed E-state index contributed by atoms with van der Waals surface area (Å²) in [7, 11) is 2.86. The summed E-state index contributed by atoms with van der Waals surface area (Å²) >= 11 is 6.25. The third-order valence-electron chi connectivity index (χ3n) is 4.20. The first-order valence-corrected chi connectivity index (χ1v) is 10.8. The minimum absolute atomic E-state index is 0.0924. The van der Waals surface area contributed by atoms with E-state index in [-0.39, 0.29) is 39.3 Å². The number of carbonyl (C=O) groups excluding carboxylic acids is 3. The number of hydrogen-bond acceptors (Lipinski definition) is 9. The van der Waals surface area contributed by atoms with Crippen LogP contribution in [-0.2, 0) is 9.47 Å². The molecule has 11 heteroatoms. The molecule has 2 N–H and O–H groups in total. The van der Waals surface area contributed by atoms with E-state index >= 15 is 0 Å². The van der Waals surface area contributed by atoms with Crippen LogP contribution in [0.1, 0.15) is 49.8 Å². The number of hydrogen-bond donors (Lipinski definition) is 2. The van der Waals surface area contributed by atoms with Crippen molar-refractivity contribution >= 4 is 51.5 Å². The first-order chi connectivity index (χ1) is 15.3. The summed E-state index contributed by atoms with van der Waals surface area (Å²) in [6.45, 7) is 5.30. The average Bonchev–Trinajstić information content (AvgIpc) is 3.08. The first kappa shape index (κ1) is 25.1. The number of methoxy groups -OCH3 is 2. The molecule has 32 heavy (non-hydrogen) atoms. The van der Waals surface area contributed by atoms with Crippen molar-refractivity contribution in [2.75, 3.05) is 32.8 Å². The van der Waals surface area contributed by atoms with Gasteiger partial charge in [-0.25, -0.2) is 9.59 Å². The average molecular weight is 481 g/mol. The Balaban J connectivity index is 2.33. The van der Waals surface area contributed by atoms with Crippen LogP contribution in [0.15, 0.2) is 18.2 Å². The SMILES string of the molecule is CCOC(=O)c1sc(NC(=S)NC(=O)c2c(OC)cccc2OC)c(C(=O)OCC)c1C. The zero-order chi connectivity index (χ0) is 23.8. The molecule has 172 valence electrons. The van der Waals surface area contributed by atoms with Gasteiger partial charge in [0.1, 0.15) is 26.9 Å². The molecule has 9 nitrogen and oxygen atoms in total. The fourth-order valence-corrected chi connectivity index (χ4v) is 4.17. The number of esters is 2. The Morgan fingerprint density at radius 2 is 1.53 bits per heavy atom. The third kappa shape index (κ3) is 5.54. The number of carbonyl (C=O) groups is 3. The van der Waals surface area contributed by atoms with Crippen molar-refractivity contribution in [2.45, 2.75) is 20.8 Å². The smallest absolute Gasteiger partial charge is 0.348 e. The van der Waals surface area contributed by atoms with E-state index in [1.807, 2.05) is 0 Å². The third-order valence-corrected chi connectivity index (χ3v) is 5.59. The largest absolute Gasteiger partial charge is 0.496 e. The van der Waals surface area contributed by atoms with Crippen molar-refractivity contribution < 1.29 is 33.3 Å². The molecule has 0 radical (unpaired) electrons. The summed E-state index contributed by atoms with van der Waals surface area (Å²) in [5.41, 5.74) is 0.697. The van der Waals surface area contributed by atoms with E-state index in [1.165, 1.54) is 14.2 Å². The van der Waals surface area contributed by atoms with Gasteiger partial charge in [-0.2, -0.15) is 0 Å². The predicted octanol–water partition coefficient (Wildman–Crippen LogP) is 3.55. The molecule has 0 atom stereocenters. The zero-order valence-electron chi connectivity index (χ0n) is 18.3. The Kier molecular flexibility index (Phi) is 8.97. The second-order valence-corrected chi connectivity index (χ2v) is 7.58. The second kappa shape index (κ2) is 11.4. The molecule has 0 saturated heterocycles. The highest BCUT2D eigenvalue weighted by Crippen LogP contribution is 2.34. The Labute approximate surface area is 195 Å². The van der Waals surface area contributed by atoms with Gasteiger partial charge in [0.05, 0.1) is 33.0 Å². The first-order valence-electron chi connectivity index (χ1n) is 9.59. The van der Waals surface area contributed by atoms with Gasteiger partial charge < -0.3 is 24.3 Å². The van der Waals surface area contributed by atoms with Crippen molar-refractivity contribution in [1.82, 2.24) is 5.32 Å². The lowest BCUT2D eigenvalue weighted by Crippen LogP contribution is -2.34. The number of rotatable bonds is 8. The molecule has 1 heterocycles. The fourth-order valence-electron chi connectivity index (χ4n) is 2.82. The Morgan fingerprint density at radius 3 is 2.06 bits per heavy atom. The molecule has 0 saturated carbocycles. The summed E-state index contributed by atoms with van der Waals surface area (Å²) in [6, 6.07) is 4.91. The van der Waals surface area contributed by atoms with Crippen LogP contribution in [0.25, 0.3) is 0 Å². The summed E-state index contributed by atoms with van der Waals surface area (Å²) in [6.07, 6.45) is 0. The monoisotopic (exact) mass is 480 g/mol. The van der Waals surface area contributed by atoms with Crippen LogP contribution in [0, 0.1) is 6.92 Å². The Morgan fingerprint density at radius 1 is 0.969 bits per heavy atom. The molecular weight excluding hydrogens is 456 g/mol. The maximum absolute atomic E-state index is 12.8. The molecule has 0 spiro atoms. The second-order valence-electron chi connectivity index (χ2n) is 6.15. The molecule has 0 aliphatic heterocycles. The number of thiophene rings is 1. The van der Waals surface area contributed by atoms with Gasteiger partial charge in [-0.05, 0) is 50.7 Å². The minimum atomic E-state index is -0.625. The molecule has 1 aromatic heterocycles. The standard InChI is InChI=1S/C21H24N2O7S2/c1-6-29-19(25)14-11(3)16(20(26)30-7-2)32-18(14)23-21(31)22-17(24)15-12(27-4)9-8-10-13(15)28-5/h8-10H,6-7H2,1-5H3,(H2,22,23,24,31). The van der Waals surface area contributed by atoms with E-state index in [0.29, 0.717) is 17.1 Å². The van der Waals surface area contributed by atoms with Crippen molar-refractivity contribution in [3.8, 4) is 11.5 Å². The highest BCUT2D eigenvalue weighted by molar-refractivity contribution is 7.80. The summed E-state index contributed by atoms with van der Waals surface area (Å²) in [5, 5.41) is 5.51. The van der Waals surface area contributed by atoms with Crippen LogP contribution in [0.2, 0.25) is 0 Å². The molecule has 0 unspecified atom stereocenters. The lowest BCUT2D eigenvalue weighted by Gasteiger charge is -2.14. The van der Waals surface area contributed by atoms with E-state index in [4.69, 9.17) is 31.2 Å². The van der Waals surface area contributed by atoms with E-state index in [2.05, 4.69) is 10.6 Å². The van der Waals surface area contributed by atoms with Gasteiger partial charge in [0.2, 0.25) is 0 Å². The molecule has 2 aromatic rings. The zero-order valence-corrected chi connectivity index (χ0v) is 20.0. The Hall–Kier alpha value is -3.18. The van der Waals surface area contributed by atoms with E-state index in [0.717, 1.165) is 11.3 Å². The number of nitrogens with one attached hydrogen (secondary N) is 2. The van der Waals surface area contributed by atoms with Crippen LogP contribution >= 0.6 is 23.6 Å². The fraction of sp³-hybridized carbons (Fsp3) is 0.333. The van der Waals surface area contributed by atoms with Gasteiger partial charge in [0.15, 0.2) is 5.11 Å². The van der Waals surface area contributed by atoms with E-state index < -0.39 is 17.8 Å². The number of thiocarbonyl (C=S) groups is 1. The quantitative estimate of drug-likeness (QED) is 0.433. The molecule has 1 aromatic carbocycles. The van der Waals surface area contributed by atoms with Crippen molar-refractivity contribution in [1.29, 1.82) is 0 Å². The predicted molar refractivity (Wildman–Crippen MR) is 124 cm³/mol. The van der Waals surface area contributed by atoms with Crippen molar-refractivity contribution in [3.05, 3.63) is 39.8 Å². The normalized spacial score (nSPS) is 10.2. The molecule has 0 aliphatic rings. The maximum Gasteiger partial charge on any atom is 0.348 e. The summed E-state index contributed by atoms with van der Waals surface area (Å²) in [4.78, 5) is 37.8. The summed E-state index contributed by atoms with van der Waals surface area (Å²) in [5.74, 6) is -1.17. The van der Waals surface area contributed by atoms with Gasteiger partial charge in [0.25, 0.3) is 5.91 Å². The lowest BCUT2D eigenvalue weighted by atomic mass is 10.1. The maximum atomic E-state index is 12.8. The van der Waals surface area contributed by atoms with Gasteiger partial charge >= 0.3 is 11.9 Å². The molecule has 0 fully saturated rings. The van der Waals surface area contributed by atoms with Crippen LogP contribution < -0.4 is 20.1 Å². The Bertz CT molecular complexity index is 1010. The van der Waals surface area contributed by atoms with Crippen LogP contribution in [0.4, 0.5) is 5.00 Å². The van der Waals surface area contributed by atoms with Crippen LogP contribution in [0.3, 0.4) is 0 Å². The van der Waals surface area contributed by atoms with Gasteiger partial charge in [-0.15, -0.1) is 11.3 Å². The lowest BCUT2D eigenvalue weighted by molar-refractivity contribution is 0.0527. The van der Waals surface area contributed by atoms with E-state index in [1.54, 1.807) is 39.0 Å². The van der Waals surface area contributed by atoms with Gasteiger partial charge in [-0.3, -0.25) is 10.1 Å². The molecule has 0 aliphatic carbocycles. The molecule has 0 bridgehead atoms. The highest BCUT2D eigenvalue weighted by atomic mass is 32.1. The number of ether oxygens (including phenoxy) is 4. The van der Waals surface area contributed by atoms with Crippen LogP contribution in [0.5, 0.6) is 11.5 Å². The van der Waals surface area contributed by atoms with Crippen LogP contribution in [-0.4, -0.2) is 50.4 Å². The highest BCUT2D eigenvalue weighted by Gasteiger charge is 2.27. The van der Waals surface area contributed by atoms with Crippen molar-refractivity contribution in [3.63, 3.8) is 0 Å². The minimum Gasteiger partial charge on any atom is -0.496 e. The van der Waals surface area contributed by atoms with E-state index in [9.17, 15) is 14.4 Å².